The molecule has 1 N–H and O–H groups in total. The molecule has 0 fully saturated rings. The minimum Gasteiger partial charge on any atom is -0.480 e. The summed E-state index contributed by atoms with van der Waals surface area (Å²) in [5.41, 5.74) is 4.29. The summed E-state index contributed by atoms with van der Waals surface area (Å²) >= 11 is 0. The van der Waals surface area contributed by atoms with Gasteiger partial charge in [0.25, 0.3) is 0 Å². The molecule has 1 aromatic rings. The lowest BCUT2D eigenvalue weighted by Gasteiger charge is -2.25. The molecule has 1 unspecified atom stereocenters. The van der Waals surface area contributed by atoms with Crippen LogP contribution < -0.4 is 9.80 Å². The van der Waals surface area contributed by atoms with E-state index in [1.54, 1.807) is 11.8 Å². The minimum absolute atomic E-state index is 0.0825. The van der Waals surface area contributed by atoms with Crippen LogP contribution in [-0.2, 0) is 10.2 Å². The Hall–Kier alpha value is -1.97. The quantitative estimate of drug-likeness (QED) is 0.924. The van der Waals surface area contributed by atoms with Crippen molar-refractivity contribution in [2.75, 3.05) is 23.4 Å². The summed E-state index contributed by atoms with van der Waals surface area (Å²) in [6.45, 7) is 13.2. The Morgan fingerprint density at radius 2 is 2.10 bits per heavy atom. The predicted octanol–water partition coefficient (Wildman–Crippen LogP) is 3.23. The van der Waals surface area contributed by atoms with Crippen LogP contribution in [0, 0.1) is 0 Å². The first-order valence-electron chi connectivity index (χ1n) is 7.28. The van der Waals surface area contributed by atoms with Crippen molar-refractivity contribution in [3.8, 4) is 0 Å². The third-order valence-electron chi connectivity index (χ3n) is 4.65. The van der Waals surface area contributed by atoms with Gasteiger partial charge >= 0.3 is 5.97 Å². The molecular formula is C17H24N2O2. The molecule has 4 heteroatoms. The van der Waals surface area contributed by atoms with E-state index >= 15 is 0 Å². The minimum atomic E-state index is -0.824. The second-order valence-corrected chi connectivity index (χ2v) is 6.14. The van der Waals surface area contributed by atoms with Crippen molar-refractivity contribution in [1.82, 2.24) is 0 Å². The molecule has 2 rings (SSSR count). The van der Waals surface area contributed by atoms with Gasteiger partial charge in [-0.15, -0.1) is 0 Å². The zero-order chi connectivity index (χ0) is 15.9. The molecule has 21 heavy (non-hydrogen) atoms. The molecular weight excluding hydrogens is 264 g/mol. The SMILES string of the molecule is C=C1N(CC)c2cc(N(C)C(C)C(=O)O)ccc2C1(C)C. The van der Waals surface area contributed by atoms with Gasteiger partial charge in [0.2, 0.25) is 0 Å². The number of fused-ring (bicyclic) bond motifs is 1. The number of hydrogen-bond acceptors (Lipinski definition) is 3. The average Bonchev–Trinajstić information content (AvgIpc) is 2.64. The molecule has 114 valence electrons. The van der Waals surface area contributed by atoms with E-state index in [1.165, 1.54) is 5.56 Å². The summed E-state index contributed by atoms with van der Waals surface area (Å²) in [7, 11) is 1.81. The van der Waals surface area contributed by atoms with Crippen molar-refractivity contribution in [2.24, 2.45) is 0 Å². The van der Waals surface area contributed by atoms with E-state index in [0.29, 0.717) is 0 Å². The molecule has 1 aliphatic rings. The lowest BCUT2D eigenvalue weighted by Crippen LogP contribution is -2.35. The molecule has 1 atom stereocenters. The van der Waals surface area contributed by atoms with Gasteiger partial charge in [-0.1, -0.05) is 26.5 Å². The summed E-state index contributed by atoms with van der Waals surface area (Å²) in [6.07, 6.45) is 0. The zero-order valence-electron chi connectivity index (χ0n) is 13.5. The highest BCUT2D eigenvalue weighted by Gasteiger charge is 2.38. The Bertz CT molecular complexity index is 592. The maximum Gasteiger partial charge on any atom is 0.326 e. The lowest BCUT2D eigenvalue weighted by atomic mass is 9.84. The van der Waals surface area contributed by atoms with Gasteiger partial charge in [0.1, 0.15) is 6.04 Å². The van der Waals surface area contributed by atoms with E-state index in [-0.39, 0.29) is 5.41 Å². The first-order valence-corrected chi connectivity index (χ1v) is 7.28. The third kappa shape index (κ3) is 2.28. The van der Waals surface area contributed by atoms with E-state index in [4.69, 9.17) is 5.11 Å². The van der Waals surface area contributed by atoms with Crippen LogP contribution in [-0.4, -0.2) is 30.7 Å². The van der Waals surface area contributed by atoms with Crippen LogP contribution in [0.3, 0.4) is 0 Å². The number of rotatable bonds is 4. The molecule has 1 aliphatic heterocycles. The molecule has 0 saturated heterocycles. The topological polar surface area (TPSA) is 43.8 Å². The van der Waals surface area contributed by atoms with Gasteiger partial charge in [0.15, 0.2) is 0 Å². The summed E-state index contributed by atoms with van der Waals surface area (Å²) in [6, 6.07) is 5.59. The number of benzene rings is 1. The number of anilines is 2. The van der Waals surface area contributed by atoms with Gasteiger partial charge < -0.3 is 14.9 Å². The van der Waals surface area contributed by atoms with E-state index < -0.39 is 12.0 Å². The van der Waals surface area contributed by atoms with E-state index in [9.17, 15) is 4.79 Å². The fraction of sp³-hybridized carbons (Fsp3) is 0.471. The monoisotopic (exact) mass is 288 g/mol. The Labute approximate surface area is 126 Å². The van der Waals surface area contributed by atoms with Crippen LogP contribution in [0.15, 0.2) is 30.5 Å². The van der Waals surface area contributed by atoms with Gasteiger partial charge in [0, 0.05) is 36.1 Å². The van der Waals surface area contributed by atoms with Gasteiger partial charge in [-0.2, -0.15) is 0 Å². The van der Waals surface area contributed by atoms with Gasteiger partial charge in [-0.3, -0.25) is 0 Å². The Balaban J connectivity index is 2.47. The molecule has 0 aromatic heterocycles. The van der Waals surface area contributed by atoms with Crippen LogP contribution in [0.25, 0.3) is 0 Å². The maximum absolute atomic E-state index is 11.2. The molecule has 0 radical (unpaired) electrons. The average molecular weight is 288 g/mol. The van der Waals surface area contributed by atoms with Crippen molar-refractivity contribution in [2.45, 2.75) is 39.2 Å². The van der Waals surface area contributed by atoms with Crippen molar-refractivity contribution in [1.29, 1.82) is 0 Å². The van der Waals surface area contributed by atoms with Gasteiger partial charge in [-0.05, 0) is 31.5 Å². The normalized spacial score (nSPS) is 17.6. The van der Waals surface area contributed by atoms with Crippen LogP contribution in [0.5, 0.6) is 0 Å². The highest BCUT2D eigenvalue weighted by Crippen LogP contribution is 2.47. The number of carbonyl (C=O) groups is 1. The second kappa shape index (κ2) is 5.10. The Morgan fingerprint density at radius 3 is 2.62 bits per heavy atom. The van der Waals surface area contributed by atoms with Crippen LogP contribution in [0.4, 0.5) is 11.4 Å². The van der Waals surface area contributed by atoms with Gasteiger partial charge in [-0.25, -0.2) is 4.79 Å². The molecule has 0 spiro atoms. The maximum atomic E-state index is 11.2. The fourth-order valence-corrected chi connectivity index (χ4v) is 2.88. The first-order chi connectivity index (χ1) is 9.71. The van der Waals surface area contributed by atoms with Crippen molar-refractivity contribution >= 4 is 17.3 Å². The van der Waals surface area contributed by atoms with Crippen molar-refractivity contribution in [3.63, 3.8) is 0 Å². The smallest absolute Gasteiger partial charge is 0.326 e. The number of allylic oxidation sites excluding steroid dienone is 1. The summed E-state index contributed by atoms with van der Waals surface area (Å²) < 4.78 is 0. The third-order valence-corrected chi connectivity index (χ3v) is 4.65. The first kappa shape index (κ1) is 15.4. The summed E-state index contributed by atoms with van der Waals surface area (Å²) in [4.78, 5) is 15.1. The second-order valence-electron chi connectivity index (χ2n) is 6.14. The summed E-state index contributed by atoms with van der Waals surface area (Å²) in [5.74, 6) is -0.824. The summed E-state index contributed by atoms with van der Waals surface area (Å²) in [5, 5.41) is 9.16. The van der Waals surface area contributed by atoms with E-state index in [1.807, 2.05) is 13.1 Å². The number of hydrogen-bond donors (Lipinski definition) is 1. The zero-order valence-corrected chi connectivity index (χ0v) is 13.5. The number of carboxylic acid groups (broad SMARTS) is 1. The number of likely N-dealkylation sites (N-methyl/N-ethyl adjacent to an activating group) is 2. The molecule has 0 amide bonds. The number of carboxylic acids is 1. The van der Waals surface area contributed by atoms with Crippen molar-refractivity contribution in [3.05, 3.63) is 36.0 Å². The molecule has 1 heterocycles. The molecule has 4 nitrogen and oxygen atoms in total. The standard InChI is InChI=1S/C17H24N2O2/c1-7-19-12(3)17(4,5)14-9-8-13(10-15(14)19)18(6)11(2)16(20)21/h8-11H,3,7H2,1-2,4-6H3,(H,20,21). The molecule has 0 aliphatic carbocycles. The Morgan fingerprint density at radius 1 is 1.48 bits per heavy atom. The molecule has 0 bridgehead atoms. The number of aliphatic carboxylic acids is 1. The van der Waals surface area contributed by atoms with Crippen LogP contribution >= 0.6 is 0 Å². The predicted molar refractivity (Wildman–Crippen MR) is 87.1 cm³/mol. The Kier molecular flexibility index (Phi) is 3.74. The van der Waals surface area contributed by atoms with E-state index in [2.05, 4.69) is 44.4 Å². The van der Waals surface area contributed by atoms with Gasteiger partial charge in [0.05, 0.1) is 0 Å². The molecule has 1 aromatic carbocycles. The number of nitrogens with zero attached hydrogens (tertiary/aromatic N) is 2. The van der Waals surface area contributed by atoms with Crippen LogP contribution in [0.2, 0.25) is 0 Å². The van der Waals surface area contributed by atoms with E-state index in [0.717, 1.165) is 23.6 Å². The highest BCUT2D eigenvalue weighted by molar-refractivity contribution is 5.80. The lowest BCUT2D eigenvalue weighted by molar-refractivity contribution is -0.138. The fourth-order valence-electron chi connectivity index (χ4n) is 2.88. The highest BCUT2D eigenvalue weighted by atomic mass is 16.4. The molecule has 0 saturated carbocycles. The van der Waals surface area contributed by atoms with Crippen molar-refractivity contribution < 1.29 is 9.90 Å². The van der Waals surface area contributed by atoms with Crippen LogP contribution in [0.1, 0.15) is 33.3 Å². The largest absolute Gasteiger partial charge is 0.480 e.